The lowest BCUT2D eigenvalue weighted by Crippen LogP contribution is -2.42. The third-order valence-electron chi connectivity index (χ3n) is 7.68. The molecule has 0 heterocycles. The largest absolute Gasteiger partial charge is 0.469 e. The first-order valence-electron chi connectivity index (χ1n) is 9.15. The van der Waals surface area contributed by atoms with Gasteiger partial charge in [0.25, 0.3) is 0 Å². The summed E-state index contributed by atoms with van der Waals surface area (Å²) in [6, 6.07) is 0. The van der Waals surface area contributed by atoms with Gasteiger partial charge in [-0.25, -0.2) is 8.42 Å². The van der Waals surface area contributed by atoms with E-state index in [0.29, 0.717) is 23.7 Å². The maximum absolute atomic E-state index is 13.4. The van der Waals surface area contributed by atoms with E-state index >= 15 is 0 Å². The lowest BCUT2D eigenvalue weighted by Gasteiger charge is -2.39. The molecule has 3 rings (SSSR count). The van der Waals surface area contributed by atoms with Crippen LogP contribution in [-0.2, 0) is 24.1 Å². The highest BCUT2D eigenvalue weighted by Gasteiger charge is 2.65. The smallest absolute Gasteiger partial charge is 0.311 e. The van der Waals surface area contributed by atoms with Crippen LogP contribution in [-0.4, -0.2) is 40.0 Å². The van der Waals surface area contributed by atoms with Crippen LogP contribution in [0.1, 0.15) is 52.9 Å². The molecule has 2 saturated carbocycles. The summed E-state index contributed by atoms with van der Waals surface area (Å²) in [6.45, 7) is 6.60. The molecule has 0 radical (unpaired) electrons. The molecule has 0 aromatic heterocycles. The van der Waals surface area contributed by atoms with Crippen molar-refractivity contribution in [1.29, 1.82) is 0 Å². The van der Waals surface area contributed by atoms with Crippen LogP contribution >= 0.6 is 0 Å². The van der Waals surface area contributed by atoms with Crippen molar-refractivity contribution in [1.82, 2.24) is 0 Å². The van der Waals surface area contributed by atoms with Crippen molar-refractivity contribution in [2.75, 3.05) is 14.2 Å². The number of allylic oxidation sites excluding steroid dienone is 1. The van der Waals surface area contributed by atoms with Gasteiger partial charge in [0, 0.05) is 12.0 Å². The predicted molar refractivity (Wildman–Crippen MR) is 95.6 cm³/mol. The van der Waals surface area contributed by atoms with Gasteiger partial charge < -0.3 is 9.47 Å². The molecule has 25 heavy (non-hydrogen) atoms. The standard InChI is InChI=1S/C19H30O5S/c1-18(2)12-8-9-19(18,3)16(10-12)25(21,22)13-6-7-14(17(20)24-5)15(11-13)23-4/h11-12,14-16H,6-10H2,1-5H3/t12-,14-,15+,16-,19+/m0/s1. The molecule has 0 amide bonds. The minimum atomic E-state index is -3.39. The monoisotopic (exact) mass is 370 g/mol. The van der Waals surface area contributed by atoms with Crippen molar-refractivity contribution in [2.24, 2.45) is 22.7 Å². The van der Waals surface area contributed by atoms with E-state index in [2.05, 4.69) is 20.8 Å². The van der Waals surface area contributed by atoms with E-state index < -0.39 is 21.9 Å². The van der Waals surface area contributed by atoms with Crippen molar-refractivity contribution in [3.8, 4) is 0 Å². The quantitative estimate of drug-likeness (QED) is 0.711. The van der Waals surface area contributed by atoms with Crippen molar-refractivity contribution >= 4 is 15.8 Å². The minimum absolute atomic E-state index is 0.0508. The van der Waals surface area contributed by atoms with Crippen LogP contribution in [0.3, 0.4) is 0 Å². The van der Waals surface area contributed by atoms with Gasteiger partial charge in [-0.15, -0.1) is 0 Å². The molecule has 0 aromatic carbocycles. The van der Waals surface area contributed by atoms with Crippen LogP contribution in [0.2, 0.25) is 0 Å². The molecule has 142 valence electrons. The van der Waals surface area contributed by atoms with Gasteiger partial charge in [-0.1, -0.05) is 20.8 Å². The molecule has 6 heteroatoms. The molecule has 3 aliphatic rings. The topological polar surface area (TPSA) is 69.7 Å². The highest BCUT2D eigenvalue weighted by atomic mass is 32.2. The summed E-state index contributed by atoms with van der Waals surface area (Å²) >= 11 is 0. The van der Waals surface area contributed by atoms with Gasteiger partial charge in [-0.2, -0.15) is 0 Å². The van der Waals surface area contributed by atoms with Crippen LogP contribution in [0.5, 0.6) is 0 Å². The average molecular weight is 371 g/mol. The van der Waals surface area contributed by atoms with Crippen molar-refractivity contribution in [3.63, 3.8) is 0 Å². The number of esters is 1. The number of carbonyl (C=O) groups excluding carboxylic acids is 1. The number of fused-ring (bicyclic) bond motifs is 2. The Labute approximate surface area is 151 Å². The molecule has 0 spiro atoms. The lowest BCUT2D eigenvalue weighted by atomic mass is 9.71. The number of ether oxygens (including phenoxy) is 2. The second kappa shape index (κ2) is 6.08. The Morgan fingerprint density at radius 3 is 2.36 bits per heavy atom. The summed E-state index contributed by atoms with van der Waals surface area (Å²) < 4.78 is 37.1. The zero-order valence-electron chi connectivity index (χ0n) is 15.9. The van der Waals surface area contributed by atoms with Gasteiger partial charge in [0.05, 0.1) is 24.4 Å². The number of rotatable bonds is 4. The summed E-state index contributed by atoms with van der Waals surface area (Å²) in [4.78, 5) is 12.4. The van der Waals surface area contributed by atoms with Gasteiger partial charge in [0.1, 0.15) is 0 Å². The highest BCUT2D eigenvalue weighted by Crippen LogP contribution is 2.67. The third kappa shape index (κ3) is 2.59. The van der Waals surface area contributed by atoms with Crippen LogP contribution in [0.15, 0.2) is 11.0 Å². The Morgan fingerprint density at radius 1 is 1.20 bits per heavy atom. The van der Waals surface area contributed by atoms with Crippen LogP contribution in [0.25, 0.3) is 0 Å². The van der Waals surface area contributed by atoms with Gasteiger partial charge in [0.15, 0.2) is 9.84 Å². The maximum Gasteiger partial charge on any atom is 0.311 e. The fourth-order valence-electron chi connectivity index (χ4n) is 5.50. The van der Waals surface area contributed by atoms with E-state index in [4.69, 9.17) is 9.47 Å². The SMILES string of the molecule is COC(=O)[C@H]1CCC(S(=O)(=O)[C@H]2C[C@@H]3CC[C@@]2(C)C3(C)C)=C[C@H]1OC. The molecule has 2 bridgehead atoms. The van der Waals surface area contributed by atoms with Crippen molar-refractivity contribution < 1.29 is 22.7 Å². The van der Waals surface area contributed by atoms with E-state index in [-0.39, 0.29) is 22.0 Å². The van der Waals surface area contributed by atoms with E-state index in [1.54, 1.807) is 6.08 Å². The molecule has 0 aromatic rings. The third-order valence-corrected chi connectivity index (χ3v) is 10.2. The van der Waals surface area contributed by atoms with Gasteiger partial charge in [-0.3, -0.25) is 4.79 Å². The second-order valence-corrected chi connectivity index (χ2v) is 10.8. The number of methoxy groups -OCH3 is 2. The Morgan fingerprint density at radius 2 is 1.88 bits per heavy atom. The molecule has 5 nitrogen and oxygen atoms in total. The number of hydrogen-bond donors (Lipinski definition) is 0. The first kappa shape index (κ1) is 18.9. The predicted octanol–water partition coefficient (Wildman–Crippen LogP) is 3.10. The molecular formula is C19H30O5S. The summed E-state index contributed by atoms with van der Waals surface area (Å²) in [5, 5.41) is -0.327. The fraction of sp³-hybridized carbons (Fsp3) is 0.842. The lowest BCUT2D eigenvalue weighted by molar-refractivity contribution is -0.149. The average Bonchev–Trinajstić information content (AvgIpc) is 2.93. The van der Waals surface area contributed by atoms with Crippen LogP contribution < -0.4 is 0 Å². The van der Waals surface area contributed by atoms with Gasteiger partial charge in [0.2, 0.25) is 0 Å². The van der Waals surface area contributed by atoms with Gasteiger partial charge in [-0.05, 0) is 54.9 Å². The molecule has 2 fully saturated rings. The molecule has 0 N–H and O–H groups in total. The number of sulfone groups is 1. The van der Waals surface area contributed by atoms with Crippen LogP contribution in [0, 0.1) is 22.7 Å². The summed E-state index contributed by atoms with van der Waals surface area (Å²) in [5.74, 6) is -0.295. The molecule has 0 unspecified atom stereocenters. The van der Waals surface area contributed by atoms with E-state index in [9.17, 15) is 13.2 Å². The zero-order chi connectivity index (χ0) is 18.6. The normalized spacial score (nSPS) is 40.0. The first-order valence-corrected chi connectivity index (χ1v) is 10.7. The van der Waals surface area contributed by atoms with Gasteiger partial charge >= 0.3 is 5.97 Å². The zero-order valence-corrected chi connectivity index (χ0v) is 16.7. The van der Waals surface area contributed by atoms with E-state index in [0.717, 1.165) is 19.3 Å². The molecule has 3 aliphatic carbocycles. The Kier molecular flexibility index (Phi) is 4.60. The molecule has 0 aliphatic heterocycles. The van der Waals surface area contributed by atoms with Crippen molar-refractivity contribution in [3.05, 3.63) is 11.0 Å². The van der Waals surface area contributed by atoms with E-state index in [1.165, 1.54) is 14.2 Å². The van der Waals surface area contributed by atoms with Crippen LogP contribution in [0.4, 0.5) is 0 Å². The fourth-order valence-corrected chi connectivity index (χ4v) is 8.18. The molecule has 0 saturated heterocycles. The summed E-state index contributed by atoms with van der Waals surface area (Å²) in [5.41, 5.74) is -0.131. The van der Waals surface area contributed by atoms with E-state index in [1.807, 2.05) is 0 Å². The highest BCUT2D eigenvalue weighted by molar-refractivity contribution is 7.95. The number of hydrogen-bond acceptors (Lipinski definition) is 5. The van der Waals surface area contributed by atoms with Crippen molar-refractivity contribution in [2.45, 2.75) is 64.2 Å². The summed E-state index contributed by atoms with van der Waals surface area (Å²) in [6.07, 6.45) is 4.81. The molecule has 5 atom stereocenters. The molecular weight excluding hydrogens is 340 g/mol. The summed E-state index contributed by atoms with van der Waals surface area (Å²) in [7, 11) is -0.533. The Bertz CT molecular complexity index is 693. The maximum atomic E-state index is 13.4. The number of carbonyl (C=O) groups is 1. The minimum Gasteiger partial charge on any atom is -0.469 e. The first-order chi connectivity index (χ1) is 11.6. The second-order valence-electron chi connectivity index (χ2n) is 8.65. The Balaban J connectivity index is 1.92. The Hall–Kier alpha value is -0.880.